The molecule has 0 bridgehead atoms. The molecule has 13 heteroatoms. The molecular formula is C22H18ClN6O5P. The second kappa shape index (κ2) is 9.38. The van der Waals surface area contributed by atoms with Gasteiger partial charge in [0, 0.05) is 23.0 Å². The van der Waals surface area contributed by atoms with Crippen molar-refractivity contribution in [3.05, 3.63) is 89.0 Å². The molecule has 3 aromatic heterocycles. The largest absolute Gasteiger partial charge is 0.492 e. The minimum absolute atomic E-state index is 0.179. The van der Waals surface area contributed by atoms with Crippen LogP contribution >= 0.6 is 19.3 Å². The third kappa shape index (κ3) is 4.83. The van der Waals surface area contributed by atoms with Gasteiger partial charge in [-0.2, -0.15) is 0 Å². The van der Waals surface area contributed by atoms with Crippen LogP contribution in [0.3, 0.4) is 0 Å². The number of aromatic nitrogens is 6. The zero-order chi connectivity index (χ0) is 24.4. The van der Waals surface area contributed by atoms with E-state index < -0.39 is 7.75 Å². The van der Waals surface area contributed by atoms with Gasteiger partial charge in [-0.1, -0.05) is 11.6 Å². The first-order valence-corrected chi connectivity index (χ1v) is 12.3. The van der Waals surface area contributed by atoms with Gasteiger partial charge in [0.25, 0.3) is 5.56 Å². The van der Waals surface area contributed by atoms with Crippen LogP contribution in [0, 0.1) is 0 Å². The summed E-state index contributed by atoms with van der Waals surface area (Å²) >= 11 is 5.92. The molecule has 0 fully saturated rings. The zero-order valence-corrected chi connectivity index (χ0v) is 19.6. The van der Waals surface area contributed by atoms with Crippen LogP contribution in [-0.4, -0.2) is 40.3 Å². The molecule has 5 rings (SSSR count). The van der Waals surface area contributed by atoms with Crippen LogP contribution in [0.25, 0.3) is 22.6 Å². The highest BCUT2D eigenvalue weighted by molar-refractivity contribution is 7.51. The molecule has 0 amide bonds. The number of nitrogens with zero attached hydrogens (tertiary/aromatic N) is 5. The average molecular weight is 513 g/mol. The van der Waals surface area contributed by atoms with Crippen molar-refractivity contribution in [2.45, 2.75) is 6.54 Å². The Morgan fingerprint density at radius 1 is 1.09 bits per heavy atom. The summed E-state index contributed by atoms with van der Waals surface area (Å²) in [4.78, 5) is 37.7. The summed E-state index contributed by atoms with van der Waals surface area (Å²) in [6.45, 7) is 0.572. The van der Waals surface area contributed by atoms with E-state index in [1.807, 2.05) is 0 Å². The summed E-state index contributed by atoms with van der Waals surface area (Å²) in [7, 11) is -4.14. The highest BCUT2D eigenvalue weighted by atomic mass is 35.5. The van der Waals surface area contributed by atoms with Crippen molar-refractivity contribution in [3.63, 3.8) is 0 Å². The van der Waals surface area contributed by atoms with E-state index >= 15 is 0 Å². The molecule has 0 aliphatic rings. The van der Waals surface area contributed by atoms with Crippen molar-refractivity contribution in [1.82, 2.24) is 28.8 Å². The number of H-pyrrole nitrogens is 1. The number of aromatic amines is 1. The van der Waals surface area contributed by atoms with Crippen LogP contribution in [-0.2, 0) is 11.1 Å². The number of hydrogen-bond acceptors (Lipinski definition) is 7. The van der Waals surface area contributed by atoms with Crippen LogP contribution in [0.1, 0.15) is 0 Å². The quantitative estimate of drug-likeness (QED) is 0.300. The minimum Gasteiger partial charge on any atom is -0.492 e. The maximum absolute atomic E-state index is 12.5. The highest BCUT2D eigenvalue weighted by Gasteiger charge is 2.24. The zero-order valence-electron chi connectivity index (χ0n) is 18.0. The van der Waals surface area contributed by atoms with Crippen LogP contribution < -0.4 is 14.8 Å². The van der Waals surface area contributed by atoms with E-state index in [0.717, 1.165) is 4.34 Å². The summed E-state index contributed by atoms with van der Waals surface area (Å²) < 4.78 is 26.2. The maximum atomic E-state index is 12.5. The molecule has 178 valence electrons. The van der Waals surface area contributed by atoms with Gasteiger partial charge in [-0.15, -0.1) is 0 Å². The number of ether oxygens (including phenoxy) is 1. The van der Waals surface area contributed by atoms with E-state index in [1.54, 1.807) is 53.1 Å². The lowest BCUT2D eigenvalue weighted by atomic mass is 10.2. The van der Waals surface area contributed by atoms with Gasteiger partial charge in [0.05, 0.1) is 12.9 Å². The van der Waals surface area contributed by atoms with Gasteiger partial charge in [0.2, 0.25) is 0 Å². The SMILES string of the molecule is O=c1[nH]cnc2nc(-c3ccc(OP(=O)(O)n4ccnc4)cc3)n(CCOc3ccc(Cl)cc3)c12. The smallest absolute Gasteiger partial charge is 0.491 e. The monoisotopic (exact) mass is 512 g/mol. The first-order valence-electron chi connectivity index (χ1n) is 10.3. The third-order valence-corrected chi connectivity index (χ3v) is 6.58. The van der Waals surface area contributed by atoms with Crippen molar-refractivity contribution in [2.75, 3.05) is 6.61 Å². The normalized spacial score (nSPS) is 13.0. The first kappa shape index (κ1) is 22.9. The molecule has 2 N–H and O–H groups in total. The van der Waals surface area contributed by atoms with Gasteiger partial charge in [-0.05, 0) is 48.5 Å². The predicted octanol–water partition coefficient (Wildman–Crippen LogP) is 3.74. The van der Waals surface area contributed by atoms with Gasteiger partial charge in [-0.3, -0.25) is 9.69 Å². The second-order valence-electron chi connectivity index (χ2n) is 7.34. The number of hydrogen-bond donors (Lipinski definition) is 2. The molecule has 2 aromatic carbocycles. The average Bonchev–Trinajstić information content (AvgIpc) is 3.51. The number of fused-ring (bicyclic) bond motifs is 1. The number of benzene rings is 2. The fraction of sp³-hybridized carbons (Fsp3) is 0.0909. The number of nitrogens with one attached hydrogen (secondary N) is 1. The Kier molecular flexibility index (Phi) is 6.12. The van der Waals surface area contributed by atoms with Crippen LogP contribution in [0.2, 0.25) is 5.02 Å². The van der Waals surface area contributed by atoms with Gasteiger partial charge in [-0.25, -0.2) is 23.9 Å². The summed E-state index contributed by atoms with van der Waals surface area (Å²) in [5.74, 6) is 1.30. The third-order valence-electron chi connectivity index (χ3n) is 5.06. The Bertz CT molecular complexity index is 1570. The Labute approximate surface area is 203 Å². The molecule has 0 aliphatic carbocycles. The lowest BCUT2D eigenvalue weighted by Gasteiger charge is -2.14. The molecule has 1 unspecified atom stereocenters. The van der Waals surface area contributed by atoms with Gasteiger partial charge in [0.15, 0.2) is 11.2 Å². The maximum Gasteiger partial charge on any atom is 0.491 e. The Morgan fingerprint density at radius 2 is 1.83 bits per heavy atom. The second-order valence-corrected chi connectivity index (χ2v) is 9.40. The molecule has 0 saturated carbocycles. The fourth-order valence-corrected chi connectivity index (χ4v) is 4.48. The van der Waals surface area contributed by atoms with E-state index in [-0.39, 0.29) is 23.6 Å². The summed E-state index contributed by atoms with van der Waals surface area (Å²) in [6.07, 6.45) is 5.22. The van der Waals surface area contributed by atoms with Gasteiger partial charge < -0.3 is 18.8 Å². The molecule has 0 aliphatic heterocycles. The highest BCUT2D eigenvalue weighted by Crippen LogP contribution is 2.43. The predicted molar refractivity (Wildman–Crippen MR) is 129 cm³/mol. The molecule has 1 atom stereocenters. The summed E-state index contributed by atoms with van der Waals surface area (Å²) in [5.41, 5.74) is 0.913. The Balaban J connectivity index is 1.42. The standard InChI is InChI=1S/C22H18ClN6O5P/c23-16-3-7-17(8-4-16)33-12-11-29-19-20(25-13-26-22(19)30)27-21(29)15-1-5-18(6-2-15)34-35(31,32)28-10-9-24-14-28/h1-10,13-14H,11-12H2,(H,31,32)(H,25,26,30). The molecular weight excluding hydrogens is 495 g/mol. The Hall–Kier alpha value is -3.92. The van der Waals surface area contributed by atoms with E-state index in [9.17, 15) is 14.3 Å². The van der Waals surface area contributed by atoms with Gasteiger partial charge in [0.1, 0.15) is 30.3 Å². The molecule has 3 heterocycles. The molecule has 5 aromatic rings. The van der Waals surface area contributed by atoms with Crippen LogP contribution in [0.15, 0.2) is 78.4 Å². The molecule has 35 heavy (non-hydrogen) atoms. The Morgan fingerprint density at radius 3 is 2.54 bits per heavy atom. The fourth-order valence-electron chi connectivity index (χ4n) is 3.45. The van der Waals surface area contributed by atoms with Crippen LogP contribution in [0.5, 0.6) is 11.5 Å². The van der Waals surface area contributed by atoms with E-state index in [1.165, 1.54) is 25.0 Å². The number of rotatable bonds is 8. The van der Waals surface area contributed by atoms with E-state index in [4.69, 9.17) is 20.9 Å². The number of halogens is 1. The topological polar surface area (TPSA) is 137 Å². The van der Waals surface area contributed by atoms with Crippen LogP contribution in [0.4, 0.5) is 0 Å². The first-order chi connectivity index (χ1) is 16.9. The molecule has 0 saturated heterocycles. The van der Waals surface area contributed by atoms with Crippen molar-refractivity contribution in [3.8, 4) is 22.9 Å². The molecule has 0 spiro atoms. The van der Waals surface area contributed by atoms with Gasteiger partial charge >= 0.3 is 7.75 Å². The van der Waals surface area contributed by atoms with E-state index in [2.05, 4.69) is 19.9 Å². The lowest BCUT2D eigenvalue weighted by Crippen LogP contribution is -2.15. The summed E-state index contributed by atoms with van der Waals surface area (Å²) in [6, 6.07) is 13.4. The molecule has 0 radical (unpaired) electrons. The van der Waals surface area contributed by atoms with Crippen molar-refractivity contribution < 1.29 is 18.7 Å². The van der Waals surface area contributed by atoms with Crippen molar-refractivity contribution in [2.24, 2.45) is 0 Å². The lowest BCUT2D eigenvalue weighted by molar-refractivity contribution is 0.300. The van der Waals surface area contributed by atoms with Crippen molar-refractivity contribution in [1.29, 1.82) is 0 Å². The van der Waals surface area contributed by atoms with Crippen molar-refractivity contribution >= 4 is 30.5 Å². The molecule has 11 nitrogen and oxygen atoms in total. The summed E-state index contributed by atoms with van der Waals surface area (Å²) in [5, 5.41) is 0.604. The minimum atomic E-state index is -4.14. The number of imidazole rings is 2. The van der Waals surface area contributed by atoms with E-state index in [0.29, 0.717) is 34.2 Å².